The molecule has 1 saturated carbocycles. The second-order valence-corrected chi connectivity index (χ2v) is 12.6. The fraction of sp³-hybridized carbons (Fsp3) is 0.559. The molecule has 6 rings (SSSR count). The predicted octanol–water partition coefficient (Wildman–Crippen LogP) is 5.52. The van der Waals surface area contributed by atoms with E-state index in [0.717, 1.165) is 83.0 Å². The van der Waals surface area contributed by atoms with Gasteiger partial charge in [0.15, 0.2) is 12.9 Å². The van der Waals surface area contributed by atoms with Crippen molar-refractivity contribution in [2.45, 2.75) is 75.7 Å². The zero-order valence-corrected chi connectivity index (χ0v) is 25.8. The second kappa shape index (κ2) is 14.6. The number of esters is 1. The van der Waals surface area contributed by atoms with Gasteiger partial charge in [-0.3, -0.25) is 19.3 Å². The molecule has 1 amide bonds. The Labute approximate surface area is 259 Å². The first-order valence-electron chi connectivity index (χ1n) is 15.7. The van der Waals surface area contributed by atoms with Gasteiger partial charge in [-0.2, -0.15) is 0 Å². The highest BCUT2D eigenvalue weighted by Gasteiger charge is 2.45. The van der Waals surface area contributed by atoms with Crippen molar-refractivity contribution in [2.24, 2.45) is 5.92 Å². The summed E-state index contributed by atoms with van der Waals surface area (Å²) in [5, 5.41) is 3.12. The SMILES string of the molecule is COc1cc(OCC(=O)NCCCCc2cccc(C3(C(=O)O[C@H]4CN5CCC4CC5)CCCCC3)c2)c(Cl)cc1C=O. The van der Waals surface area contributed by atoms with Gasteiger partial charge >= 0.3 is 5.97 Å². The fourth-order valence-corrected chi connectivity index (χ4v) is 7.12. The van der Waals surface area contributed by atoms with E-state index in [1.54, 1.807) is 0 Å². The molecule has 1 atom stereocenters. The standard InChI is InChI=1S/C34H43ClN2O6/c1-41-29-20-30(28(35)19-26(29)22-38)42-23-32(39)36-15-6-3-8-24-9-7-10-27(18-24)34(13-4-2-5-14-34)33(40)43-31-21-37-16-11-25(31)12-17-37/h7,9-10,18-20,22,25,31H,2-6,8,11-17,21,23H2,1H3,(H,36,39)/t31-/m0/s1. The number of nitrogens with zero attached hydrogens (tertiary/aromatic N) is 1. The van der Waals surface area contributed by atoms with Crippen molar-refractivity contribution in [3.8, 4) is 11.5 Å². The van der Waals surface area contributed by atoms with Crippen LogP contribution in [0.1, 0.15) is 79.3 Å². The van der Waals surface area contributed by atoms with E-state index in [-0.39, 0.29) is 35.4 Å². The van der Waals surface area contributed by atoms with Crippen LogP contribution < -0.4 is 14.8 Å². The average Bonchev–Trinajstić information content (AvgIpc) is 3.04. The van der Waals surface area contributed by atoms with Crippen LogP contribution in [0.15, 0.2) is 36.4 Å². The molecular weight excluding hydrogens is 568 g/mol. The number of benzene rings is 2. The van der Waals surface area contributed by atoms with Gasteiger partial charge in [-0.1, -0.05) is 55.1 Å². The number of aldehydes is 1. The van der Waals surface area contributed by atoms with Crippen LogP contribution in [-0.2, 0) is 26.2 Å². The number of unbranched alkanes of at least 4 members (excludes halogenated alkanes) is 1. The van der Waals surface area contributed by atoms with Gasteiger partial charge in [0.2, 0.25) is 0 Å². The summed E-state index contributed by atoms with van der Waals surface area (Å²) in [6, 6.07) is 11.5. The van der Waals surface area contributed by atoms with Gasteiger partial charge in [-0.25, -0.2) is 0 Å². The van der Waals surface area contributed by atoms with Crippen LogP contribution >= 0.6 is 11.6 Å². The molecule has 4 fully saturated rings. The molecule has 4 aliphatic rings. The second-order valence-electron chi connectivity index (χ2n) is 12.2. The Morgan fingerprint density at radius 3 is 2.56 bits per heavy atom. The number of halogens is 1. The molecule has 2 bridgehead atoms. The van der Waals surface area contributed by atoms with Crippen molar-refractivity contribution in [3.63, 3.8) is 0 Å². The first-order chi connectivity index (χ1) is 20.9. The third-order valence-electron chi connectivity index (χ3n) is 9.42. The van der Waals surface area contributed by atoms with Gasteiger partial charge in [0.25, 0.3) is 5.91 Å². The smallest absolute Gasteiger partial charge is 0.316 e. The Balaban J connectivity index is 1.10. The molecule has 0 unspecified atom stereocenters. The van der Waals surface area contributed by atoms with E-state index < -0.39 is 5.41 Å². The molecule has 0 aromatic heterocycles. The van der Waals surface area contributed by atoms with Gasteiger partial charge in [-0.15, -0.1) is 0 Å². The highest BCUT2D eigenvalue weighted by Crippen LogP contribution is 2.42. The highest BCUT2D eigenvalue weighted by atomic mass is 35.5. The Kier molecular flexibility index (Phi) is 10.6. The number of nitrogens with one attached hydrogen (secondary N) is 1. The normalized spacial score (nSPS) is 22.4. The lowest BCUT2D eigenvalue weighted by molar-refractivity contribution is -0.167. The summed E-state index contributed by atoms with van der Waals surface area (Å²) < 4.78 is 17.0. The molecule has 3 heterocycles. The summed E-state index contributed by atoms with van der Waals surface area (Å²) in [6.45, 7) is 3.48. The topological polar surface area (TPSA) is 94.2 Å². The Morgan fingerprint density at radius 2 is 1.86 bits per heavy atom. The molecule has 1 N–H and O–H groups in total. The van der Waals surface area contributed by atoms with E-state index in [0.29, 0.717) is 30.1 Å². The molecule has 8 nitrogen and oxygen atoms in total. The number of hydrogen-bond acceptors (Lipinski definition) is 7. The molecule has 1 aliphatic carbocycles. The van der Waals surface area contributed by atoms with Gasteiger partial charge in [0.05, 0.1) is 23.1 Å². The number of aryl methyl sites for hydroxylation is 1. The lowest BCUT2D eigenvalue weighted by Crippen LogP contribution is -2.53. The van der Waals surface area contributed by atoms with E-state index >= 15 is 0 Å². The van der Waals surface area contributed by atoms with E-state index in [1.807, 2.05) is 0 Å². The van der Waals surface area contributed by atoms with Crippen LogP contribution in [0.25, 0.3) is 0 Å². The van der Waals surface area contributed by atoms with Crippen LogP contribution in [-0.4, -0.2) is 69.1 Å². The van der Waals surface area contributed by atoms with Crippen LogP contribution in [0.3, 0.4) is 0 Å². The lowest BCUT2D eigenvalue weighted by Gasteiger charge is -2.45. The maximum atomic E-state index is 13.8. The maximum absolute atomic E-state index is 13.8. The first kappa shape index (κ1) is 31.3. The molecule has 2 aromatic carbocycles. The largest absolute Gasteiger partial charge is 0.496 e. The van der Waals surface area contributed by atoms with Crippen molar-refractivity contribution in [3.05, 3.63) is 58.1 Å². The molecule has 3 aliphatic heterocycles. The average molecular weight is 611 g/mol. The van der Waals surface area contributed by atoms with Crippen LogP contribution in [0, 0.1) is 5.92 Å². The molecule has 0 radical (unpaired) electrons. The predicted molar refractivity (Wildman–Crippen MR) is 165 cm³/mol. The minimum atomic E-state index is -0.547. The number of carbonyl (C=O) groups excluding carboxylic acids is 3. The van der Waals surface area contributed by atoms with Gasteiger partial charge in [-0.05, 0) is 81.1 Å². The van der Waals surface area contributed by atoms with Gasteiger partial charge in [0.1, 0.15) is 17.6 Å². The van der Waals surface area contributed by atoms with Crippen molar-refractivity contribution in [1.82, 2.24) is 10.2 Å². The number of fused-ring (bicyclic) bond motifs is 3. The molecule has 9 heteroatoms. The van der Waals surface area contributed by atoms with Gasteiger partial charge in [0, 0.05) is 19.2 Å². The quantitative estimate of drug-likeness (QED) is 0.181. The molecule has 2 aromatic rings. The summed E-state index contributed by atoms with van der Waals surface area (Å²) in [5.74, 6) is 0.843. The molecule has 3 saturated heterocycles. The maximum Gasteiger partial charge on any atom is 0.316 e. The Morgan fingerprint density at radius 1 is 1.07 bits per heavy atom. The van der Waals surface area contributed by atoms with Crippen LogP contribution in [0.4, 0.5) is 0 Å². The number of methoxy groups -OCH3 is 1. The van der Waals surface area contributed by atoms with E-state index in [9.17, 15) is 14.4 Å². The zero-order valence-electron chi connectivity index (χ0n) is 25.1. The van der Waals surface area contributed by atoms with E-state index in [2.05, 4.69) is 34.5 Å². The van der Waals surface area contributed by atoms with E-state index in [4.69, 9.17) is 25.8 Å². The van der Waals surface area contributed by atoms with Crippen molar-refractivity contribution < 1.29 is 28.6 Å². The minimum Gasteiger partial charge on any atom is -0.496 e. The molecule has 232 valence electrons. The lowest BCUT2D eigenvalue weighted by atomic mass is 9.69. The summed E-state index contributed by atoms with van der Waals surface area (Å²) in [7, 11) is 1.45. The zero-order chi connectivity index (χ0) is 30.2. The monoisotopic (exact) mass is 610 g/mol. The molecule has 0 spiro atoms. The summed E-state index contributed by atoms with van der Waals surface area (Å²) >= 11 is 6.17. The van der Waals surface area contributed by atoms with Crippen LogP contribution in [0.2, 0.25) is 5.02 Å². The number of ether oxygens (including phenoxy) is 3. The number of hydrogen-bond donors (Lipinski definition) is 1. The number of piperidine rings is 3. The Bertz CT molecular complexity index is 1290. The molecular formula is C34H43ClN2O6. The fourth-order valence-electron chi connectivity index (χ4n) is 6.89. The Hall–Kier alpha value is -3.10. The number of rotatable bonds is 13. The number of amides is 1. The third-order valence-corrected chi connectivity index (χ3v) is 9.71. The van der Waals surface area contributed by atoms with Gasteiger partial charge < -0.3 is 19.5 Å². The van der Waals surface area contributed by atoms with Crippen LogP contribution in [0.5, 0.6) is 11.5 Å². The summed E-state index contributed by atoms with van der Waals surface area (Å²) in [5.41, 5.74) is 2.07. The van der Waals surface area contributed by atoms with Crippen molar-refractivity contribution in [2.75, 3.05) is 39.9 Å². The highest BCUT2D eigenvalue weighted by molar-refractivity contribution is 6.32. The van der Waals surface area contributed by atoms with Crippen molar-refractivity contribution >= 4 is 29.8 Å². The number of carbonyl (C=O) groups is 3. The van der Waals surface area contributed by atoms with E-state index in [1.165, 1.54) is 31.2 Å². The van der Waals surface area contributed by atoms with Crippen molar-refractivity contribution in [1.29, 1.82) is 0 Å². The summed E-state index contributed by atoms with van der Waals surface area (Å²) in [4.78, 5) is 39.7. The first-order valence-corrected chi connectivity index (χ1v) is 16.0. The minimum absolute atomic E-state index is 0.0209. The third kappa shape index (κ3) is 7.52. The summed E-state index contributed by atoms with van der Waals surface area (Å²) in [6.07, 6.45) is 10.5. The molecule has 43 heavy (non-hydrogen) atoms.